The number of hydrogen-bond acceptors (Lipinski definition) is 6. The Bertz CT molecular complexity index is 947. The summed E-state index contributed by atoms with van der Waals surface area (Å²) >= 11 is 12.9. The largest absolute Gasteiger partial charge is 0.506 e. The second kappa shape index (κ2) is 5.85. The Morgan fingerprint density at radius 3 is 2.77 bits per heavy atom. The van der Waals surface area contributed by atoms with E-state index in [0.717, 1.165) is 11.5 Å². The van der Waals surface area contributed by atoms with Gasteiger partial charge >= 0.3 is 0 Å². The zero-order valence-electron chi connectivity index (χ0n) is 10.7. The second-order valence-corrected chi connectivity index (χ2v) is 5.68. The third-order valence-corrected chi connectivity index (χ3v) is 4.09. The molecule has 22 heavy (non-hydrogen) atoms. The van der Waals surface area contributed by atoms with Gasteiger partial charge in [-0.05, 0) is 17.6 Å². The Hall–Kier alpha value is -2.27. The first-order valence-electron chi connectivity index (χ1n) is 5.80. The standard InChI is InChI=1S/C13H5Cl2N5OS/c1-16-10-5-17-4-6-12(10)20-22-13(6)19-18-9-2-8(15)11(21)3-7(9)14/h2-5,21H/b19-18+. The van der Waals surface area contributed by atoms with Crippen molar-refractivity contribution in [1.82, 2.24) is 9.36 Å². The van der Waals surface area contributed by atoms with Crippen LogP contribution >= 0.6 is 34.7 Å². The van der Waals surface area contributed by atoms with Gasteiger partial charge in [0, 0.05) is 23.8 Å². The van der Waals surface area contributed by atoms with Crippen LogP contribution in [0, 0.1) is 6.57 Å². The monoisotopic (exact) mass is 349 g/mol. The molecular weight excluding hydrogens is 345 g/mol. The van der Waals surface area contributed by atoms with Crippen molar-refractivity contribution >= 4 is 62.0 Å². The number of benzene rings is 1. The fourth-order valence-corrected chi connectivity index (χ4v) is 2.74. The van der Waals surface area contributed by atoms with Crippen molar-refractivity contribution in [1.29, 1.82) is 0 Å². The number of hydrogen-bond donors (Lipinski definition) is 1. The van der Waals surface area contributed by atoms with Gasteiger partial charge in [0.05, 0.1) is 22.1 Å². The Morgan fingerprint density at radius 2 is 2.00 bits per heavy atom. The molecule has 0 bridgehead atoms. The average molecular weight is 350 g/mol. The first kappa shape index (κ1) is 14.7. The predicted octanol–water partition coefficient (Wildman–Crippen LogP) is 5.67. The molecule has 3 aromatic rings. The van der Waals surface area contributed by atoms with Gasteiger partial charge in [-0.2, -0.15) is 0 Å². The first-order chi connectivity index (χ1) is 10.6. The summed E-state index contributed by atoms with van der Waals surface area (Å²) in [5.74, 6) is -0.125. The maximum atomic E-state index is 9.44. The molecule has 0 fully saturated rings. The number of phenols is 1. The minimum Gasteiger partial charge on any atom is -0.506 e. The van der Waals surface area contributed by atoms with Crippen LogP contribution in [0.3, 0.4) is 0 Å². The molecule has 3 rings (SSSR count). The maximum absolute atomic E-state index is 9.44. The quantitative estimate of drug-likeness (QED) is 0.478. The van der Waals surface area contributed by atoms with Gasteiger partial charge in [0.15, 0.2) is 5.00 Å². The van der Waals surface area contributed by atoms with Crippen LogP contribution < -0.4 is 0 Å². The Kier molecular flexibility index (Phi) is 3.90. The number of azo groups is 1. The number of aromatic hydroxyl groups is 1. The highest BCUT2D eigenvalue weighted by molar-refractivity contribution is 7.11. The predicted molar refractivity (Wildman–Crippen MR) is 86.0 cm³/mol. The summed E-state index contributed by atoms with van der Waals surface area (Å²) in [6.07, 6.45) is 3.03. The molecule has 0 saturated heterocycles. The van der Waals surface area contributed by atoms with E-state index in [2.05, 4.69) is 24.4 Å². The van der Waals surface area contributed by atoms with Crippen LogP contribution in [0.25, 0.3) is 15.7 Å². The summed E-state index contributed by atoms with van der Waals surface area (Å²) in [6.45, 7) is 7.08. The lowest BCUT2D eigenvalue weighted by molar-refractivity contribution is 0.475. The number of fused-ring (bicyclic) bond motifs is 1. The molecule has 2 aromatic heterocycles. The lowest BCUT2D eigenvalue weighted by Gasteiger charge is -2.00. The molecule has 0 amide bonds. The van der Waals surface area contributed by atoms with Gasteiger partial charge < -0.3 is 5.11 Å². The first-order valence-corrected chi connectivity index (χ1v) is 7.33. The number of pyridine rings is 1. The lowest BCUT2D eigenvalue weighted by Crippen LogP contribution is -1.73. The highest BCUT2D eigenvalue weighted by Crippen LogP contribution is 2.38. The second-order valence-electron chi connectivity index (χ2n) is 4.11. The Balaban J connectivity index is 2.04. The van der Waals surface area contributed by atoms with E-state index in [1.165, 1.54) is 18.3 Å². The molecule has 1 N–H and O–H groups in total. The van der Waals surface area contributed by atoms with Crippen LogP contribution in [-0.2, 0) is 0 Å². The number of phenolic OH excluding ortho intramolecular Hbond substituents is 1. The molecule has 1 aromatic carbocycles. The van der Waals surface area contributed by atoms with E-state index in [1.807, 2.05) is 0 Å². The molecule has 0 atom stereocenters. The Morgan fingerprint density at radius 1 is 1.18 bits per heavy atom. The van der Waals surface area contributed by atoms with E-state index in [1.54, 1.807) is 6.20 Å². The van der Waals surface area contributed by atoms with Gasteiger partial charge in [-0.1, -0.05) is 23.2 Å². The SMILES string of the molecule is [C-]#[N+]c1cncc2c(/N=N/c3cc(Cl)c(O)cc3Cl)snc12. The van der Waals surface area contributed by atoms with Crippen molar-refractivity contribution in [2.24, 2.45) is 10.2 Å². The van der Waals surface area contributed by atoms with E-state index >= 15 is 0 Å². The molecule has 0 aliphatic heterocycles. The van der Waals surface area contributed by atoms with Crippen LogP contribution in [0.5, 0.6) is 5.75 Å². The molecule has 0 spiro atoms. The highest BCUT2D eigenvalue weighted by atomic mass is 35.5. The lowest BCUT2D eigenvalue weighted by atomic mass is 10.3. The van der Waals surface area contributed by atoms with Crippen LogP contribution in [-0.4, -0.2) is 14.5 Å². The molecule has 0 aliphatic carbocycles. The summed E-state index contributed by atoms with van der Waals surface area (Å²) in [5, 5.41) is 19.0. The zero-order valence-corrected chi connectivity index (χ0v) is 13.0. The summed E-state index contributed by atoms with van der Waals surface area (Å²) in [4.78, 5) is 7.34. The third kappa shape index (κ3) is 2.60. The molecule has 0 radical (unpaired) electrons. The number of rotatable bonds is 2. The van der Waals surface area contributed by atoms with Crippen molar-refractivity contribution in [2.75, 3.05) is 0 Å². The molecule has 6 nitrogen and oxygen atoms in total. The summed E-state index contributed by atoms with van der Waals surface area (Å²) < 4.78 is 4.19. The van der Waals surface area contributed by atoms with Crippen LogP contribution in [0.1, 0.15) is 0 Å². The van der Waals surface area contributed by atoms with Crippen molar-refractivity contribution in [3.05, 3.63) is 46.0 Å². The van der Waals surface area contributed by atoms with E-state index in [4.69, 9.17) is 29.8 Å². The summed E-state index contributed by atoms with van der Waals surface area (Å²) in [5.41, 5.74) is 1.22. The van der Waals surface area contributed by atoms with E-state index in [-0.39, 0.29) is 15.8 Å². The maximum Gasteiger partial charge on any atom is 0.231 e. The van der Waals surface area contributed by atoms with Gasteiger partial charge in [0.1, 0.15) is 11.4 Å². The van der Waals surface area contributed by atoms with Crippen molar-refractivity contribution in [2.45, 2.75) is 0 Å². The molecule has 0 unspecified atom stereocenters. The van der Waals surface area contributed by atoms with E-state index in [9.17, 15) is 5.11 Å². The van der Waals surface area contributed by atoms with Gasteiger partial charge in [-0.15, -0.1) is 10.2 Å². The molecule has 0 saturated carbocycles. The molecule has 108 valence electrons. The number of aromatic nitrogens is 2. The molecular formula is C13H5Cl2N5OS. The zero-order chi connectivity index (χ0) is 15.7. The number of halogens is 2. The van der Waals surface area contributed by atoms with Crippen molar-refractivity contribution in [3.8, 4) is 5.75 Å². The minimum absolute atomic E-state index is 0.125. The smallest absolute Gasteiger partial charge is 0.231 e. The topological polar surface area (TPSA) is 75.1 Å². The fraction of sp³-hybridized carbons (Fsp3) is 0. The summed E-state index contributed by atoms with van der Waals surface area (Å²) in [6, 6.07) is 2.70. The molecule has 9 heteroatoms. The van der Waals surface area contributed by atoms with Gasteiger partial charge in [-0.25, -0.2) is 9.22 Å². The van der Waals surface area contributed by atoms with Gasteiger partial charge in [0.2, 0.25) is 5.69 Å². The van der Waals surface area contributed by atoms with E-state index in [0.29, 0.717) is 27.3 Å². The Labute approximate surface area is 138 Å². The minimum atomic E-state index is -0.125. The normalized spacial score (nSPS) is 11.1. The molecule has 2 heterocycles. The van der Waals surface area contributed by atoms with Crippen molar-refractivity contribution < 1.29 is 5.11 Å². The third-order valence-electron chi connectivity index (χ3n) is 2.74. The summed E-state index contributed by atoms with van der Waals surface area (Å²) in [7, 11) is 0. The van der Waals surface area contributed by atoms with Crippen LogP contribution in [0.2, 0.25) is 10.0 Å². The van der Waals surface area contributed by atoms with E-state index < -0.39 is 0 Å². The average Bonchev–Trinajstić information content (AvgIpc) is 2.93. The number of nitrogens with zero attached hydrogens (tertiary/aromatic N) is 5. The van der Waals surface area contributed by atoms with Crippen LogP contribution in [0.4, 0.5) is 16.4 Å². The van der Waals surface area contributed by atoms with Crippen LogP contribution in [0.15, 0.2) is 34.8 Å². The fourth-order valence-electron chi connectivity index (χ4n) is 1.69. The van der Waals surface area contributed by atoms with Gasteiger partial charge in [-0.3, -0.25) is 4.98 Å². The van der Waals surface area contributed by atoms with Gasteiger partial charge in [0.25, 0.3) is 0 Å². The highest BCUT2D eigenvalue weighted by Gasteiger charge is 2.11. The van der Waals surface area contributed by atoms with Crippen molar-refractivity contribution in [3.63, 3.8) is 0 Å². The molecule has 0 aliphatic rings.